The molecule has 0 bridgehead atoms. The Kier molecular flexibility index (Phi) is 24.2. The van der Waals surface area contributed by atoms with Crippen LogP contribution in [0.5, 0.6) is 5.75 Å². The summed E-state index contributed by atoms with van der Waals surface area (Å²) in [5, 5.41) is 26.5. The van der Waals surface area contributed by atoms with E-state index in [1.165, 1.54) is 19.2 Å². The lowest BCUT2D eigenvalue weighted by atomic mass is 9.92. The molecule has 0 aromatic heterocycles. The van der Waals surface area contributed by atoms with Crippen molar-refractivity contribution in [3.8, 4) is 5.75 Å². The average molecular weight is 828 g/mol. The van der Waals surface area contributed by atoms with Gasteiger partial charge in [-0.25, -0.2) is 0 Å². The topological polar surface area (TPSA) is 124 Å². The summed E-state index contributed by atoms with van der Waals surface area (Å²) in [6.45, 7) is 3.29. The van der Waals surface area contributed by atoms with Crippen molar-refractivity contribution in [3.05, 3.63) is 172 Å². The molecule has 12 heteroatoms. The molecule has 4 atom stereocenters. The van der Waals surface area contributed by atoms with E-state index >= 15 is 0 Å². The number of hydrogen-bond donors (Lipinski definition) is 4. The van der Waals surface area contributed by atoms with Crippen LogP contribution in [0.2, 0.25) is 5.02 Å². The molecule has 6 rings (SSSR count). The van der Waals surface area contributed by atoms with Gasteiger partial charge in [-0.05, 0) is 65.0 Å². The fourth-order valence-corrected chi connectivity index (χ4v) is 6.00. The molecule has 1 fully saturated rings. The van der Waals surface area contributed by atoms with Gasteiger partial charge in [0, 0.05) is 18.6 Å². The predicted molar refractivity (Wildman–Crippen MR) is 224 cm³/mol. The summed E-state index contributed by atoms with van der Waals surface area (Å²) < 4.78 is 61.4. The molecule has 0 spiro atoms. The minimum Gasteiger partial charge on any atom is -0.484 e. The molecule has 1 heterocycles. The second-order valence-electron chi connectivity index (χ2n) is 12.4. The lowest BCUT2D eigenvalue weighted by molar-refractivity contribution is -0.217. The summed E-state index contributed by atoms with van der Waals surface area (Å²) >= 11 is 6.57. The van der Waals surface area contributed by atoms with Crippen LogP contribution in [0.15, 0.2) is 133 Å². The molecule has 3 unspecified atom stereocenters. The van der Waals surface area contributed by atoms with Crippen LogP contribution in [0.25, 0.3) is 0 Å². The van der Waals surface area contributed by atoms with Gasteiger partial charge < -0.3 is 40.0 Å². The maximum atomic E-state index is 12.5. The van der Waals surface area contributed by atoms with Crippen LogP contribution in [0.3, 0.4) is 0 Å². The highest BCUT2D eigenvalue weighted by atomic mass is 35.5. The molecule has 316 valence electrons. The Labute approximate surface area is 345 Å². The first-order valence-electron chi connectivity index (χ1n) is 19.0. The van der Waals surface area contributed by atoms with E-state index in [0.29, 0.717) is 31.1 Å². The number of rotatable bonds is 13. The van der Waals surface area contributed by atoms with Crippen molar-refractivity contribution in [2.24, 2.45) is 5.73 Å². The minimum atomic E-state index is -4.40. The molecule has 1 saturated heterocycles. The maximum Gasteiger partial charge on any atom is 0.422 e. The smallest absolute Gasteiger partial charge is 0.422 e. The summed E-state index contributed by atoms with van der Waals surface area (Å²) in [5.41, 5.74) is 10.1. The first kappa shape index (κ1) is 49.8. The van der Waals surface area contributed by atoms with E-state index in [-0.39, 0.29) is 25.1 Å². The van der Waals surface area contributed by atoms with E-state index in [2.05, 4.69) is 5.73 Å². The minimum absolute atomic E-state index is 0.140. The van der Waals surface area contributed by atoms with E-state index in [0.717, 1.165) is 40.5 Å². The van der Waals surface area contributed by atoms with Crippen LogP contribution in [0.4, 0.5) is 13.2 Å². The Morgan fingerprint density at radius 3 is 1.71 bits per heavy atom. The molecule has 58 heavy (non-hydrogen) atoms. The molecule has 1 aliphatic heterocycles. The van der Waals surface area contributed by atoms with Gasteiger partial charge in [0.2, 0.25) is 0 Å². The van der Waals surface area contributed by atoms with Crippen LogP contribution >= 0.6 is 11.6 Å². The summed E-state index contributed by atoms with van der Waals surface area (Å²) in [6.07, 6.45) is -5.32. The van der Waals surface area contributed by atoms with E-state index in [4.69, 9.17) is 40.8 Å². The number of aliphatic hydroxyl groups is 3. The van der Waals surface area contributed by atoms with Gasteiger partial charge >= 0.3 is 6.18 Å². The second kappa shape index (κ2) is 28.2. The van der Waals surface area contributed by atoms with Crippen molar-refractivity contribution in [1.82, 2.24) is 0 Å². The number of ether oxygens (including phenoxy) is 4. The highest BCUT2D eigenvalue weighted by molar-refractivity contribution is 6.31. The highest BCUT2D eigenvalue weighted by Gasteiger charge is 2.41. The molecule has 0 radical (unpaired) electrons. The zero-order valence-electron chi connectivity index (χ0n) is 33.5. The van der Waals surface area contributed by atoms with Crippen LogP contribution in [-0.4, -0.2) is 67.2 Å². The Morgan fingerprint density at radius 2 is 1.22 bits per heavy atom. The third kappa shape index (κ3) is 17.7. The fourth-order valence-electron chi connectivity index (χ4n) is 5.81. The van der Waals surface area contributed by atoms with Crippen LogP contribution < -0.4 is 10.5 Å². The Balaban J connectivity index is 0.000000716. The zero-order valence-corrected chi connectivity index (χ0v) is 34.3. The summed E-state index contributed by atoms with van der Waals surface area (Å²) in [6, 6.07) is 41.4. The Hall–Kier alpha value is -4.30. The van der Waals surface area contributed by atoms with Crippen molar-refractivity contribution in [1.29, 1.82) is 0 Å². The normalized spacial score (nSPS) is 17.0. The van der Waals surface area contributed by atoms with Gasteiger partial charge in [-0.2, -0.15) is 13.2 Å². The van der Waals surface area contributed by atoms with Crippen molar-refractivity contribution >= 4 is 11.6 Å². The van der Waals surface area contributed by atoms with Gasteiger partial charge in [0.25, 0.3) is 0 Å². The van der Waals surface area contributed by atoms with Gasteiger partial charge in [-0.1, -0.05) is 141 Å². The lowest BCUT2D eigenvalue weighted by Gasteiger charge is -2.41. The monoisotopic (exact) mass is 827 g/mol. The third-order valence-electron chi connectivity index (χ3n) is 8.48. The van der Waals surface area contributed by atoms with Crippen LogP contribution in [0.1, 0.15) is 59.8 Å². The largest absolute Gasteiger partial charge is 0.484 e. The van der Waals surface area contributed by atoms with E-state index < -0.39 is 31.1 Å². The van der Waals surface area contributed by atoms with Gasteiger partial charge in [0.1, 0.15) is 18.0 Å². The molecule has 0 saturated carbocycles. The number of halogens is 4. The van der Waals surface area contributed by atoms with Crippen molar-refractivity contribution < 1.29 is 47.4 Å². The molecule has 5 N–H and O–H groups in total. The van der Waals surface area contributed by atoms with Crippen molar-refractivity contribution in [2.45, 2.75) is 77.1 Å². The molecule has 0 amide bonds. The summed E-state index contributed by atoms with van der Waals surface area (Å²) in [4.78, 5) is 0. The summed E-state index contributed by atoms with van der Waals surface area (Å²) in [5.74, 6) is 0.141. The summed E-state index contributed by atoms with van der Waals surface area (Å²) in [7, 11) is 2.50. The fraction of sp³-hybridized carbons (Fsp3) is 0.348. The van der Waals surface area contributed by atoms with Crippen molar-refractivity contribution in [3.63, 3.8) is 0 Å². The Morgan fingerprint density at radius 1 is 0.707 bits per heavy atom. The van der Waals surface area contributed by atoms with Crippen LogP contribution in [0, 0.1) is 0 Å². The van der Waals surface area contributed by atoms with Gasteiger partial charge in [-0.15, -0.1) is 0 Å². The SMILES string of the molecule is CC.CN.CO.OCC1OC(c2ccc(Cl)c(Cc3ccc(OCC(F)(F)F)cc3)c2)CC(OCc2ccccc2)[C@@H]1OCc1ccccc1.OCc1ccccc1. The molecule has 5 aromatic carbocycles. The first-order valence-corrected chi connectivity index (χ1v) is 19.4. The molecule has 8 nitrogen and oxygen atoms in total. The number of aliphatic hydroxyl groups excluding tert-OH is 3. The van der Waals surface area contributed by atoms with Gasteiger partial charge in [0.15, 0.2) is 6.61 Å². The molecule has 5 aromatic rings. The lowest BCUT2D eigenvalue weighted by Crippen LogP contribution is -2.50. The molecule has 1 aliphatic rings. The standard InChI is InChI=1S/C35H34ClF3O5.C7H8O.C2H6.CH5N.CH4O/c36-30-16-13-27(18-28(30)17-24-11-14-29(15-12-24)43-23-35(37,38)39)31-19-32(41-21-25-7-3-1-4-8-25)34(33(20-40)44-31)42-22-26-9-5-2-6-10-26;8-6-7-4-2-1-3-5-7;3*1-2/h1-16,18,31-34,40H,17,19-23H2;1-5,8H,6H2;1-2H3;2H2,1H3;2H,1H3/t31?,32?,33?,34-;;;;/m0..../s1. The van der Waals surface area contributed by atoms with Crippen LogP contribution in [-0.2, 0) is 40.5 Å². The number of benzene rings is 5. The van der Waals surface area contributed by atoms with Gasteiger partial charge in [-0.3, -0.25) is 0 Å². The van der Waals surface area contributed by atoms with E-state index in [1.807, 2.05) is 123 Å². The first-order chi connectivity index (χ1) is 28.2. The van der Waals surface area contributed by atoms with Crippen molar-refractivity contribution in [2.75, 3.05) is 27.4 Å². The maximum absolute atomic E-state index is 12.5. The number of hydrogen-bond acceptors (Lipinski definition) is 8. The number of nitrogens with two attached hydrogens (primary N) is 1. The van der Waals surface area contributed by atoms with E-state index in [9.17, 15) is 18.3 Å². The van der Waals surface area contributed by atoms with E-state index in [1.54, 1.807) is 12.1 Å². The van der Waals surface area contributed by atoms with Gasteiger partial charge in [0.05, 0.1) is 38.6 Å². The zero-order chi connectivity index (χ0) is 42.8. The number of alkyl halides is 3. The molecular formula is C46H57ClF3NO7. The highest BCUT2D eigenvalue weighted by Crippen LogP contribution is 2.37. The second-order valence-corrected chi connectivity index (χ2v) is 12.8. The quantitative estimate of drug-likeness (QED) is 0.0927. The third-order valence-corrected chi connectivity index (χ3v) is 8.85. The molecule has 0 aliphatic carbocycles. The average Bonchev–Trinajstić information content (AvgIpc) is 3.28. The Bertz CT molecular complexity index is 1770. The molecular weight excluding hydrogens is 771 g/mol. The predicted octanol–water partition coefficient (Wildman–Crippen LogP) is 9.25.